The first-order chi connectivity index (χ1) is 12.6. The van der Waals surface area contributed by atoms with E-state index >= 15 is 0 Å². The number of hydrogen-bond acceptors (Lipinski definition) is 3. The second kappa shape index (κ2) is 10.7. The number of rotatable bonds is 7. The van der Waals surface area contributed by atoms with Crippen LogP contribution in [0.1, 0.15) is 37.7 Å². The lowest BCUT2D eigenvalue weighted by Crippen LogP contribution is -2.45. The van der Waals surface area contributed by atoms with Crippen LogP contribution in [0.5, 0.6) is 0 Å². The molecule has 1 atom stereocenters. The van der Waals surface area contributed by atoms with Crippen LogP contribution in [0.25, 0.3) is 0 Å². The first-order valence-electron chi connectivity index (χ1n) is 9.72. The molecule has 1 unspecified atom stereocenters. The number of carbonyl (C=O) groups is 1. The number of aryl methyl sites for hydroxylation is 1. The second-order valence-electron chi connectivity index (χ2n) is 7.36. The summed E-state index contributed by atoms with van der Waals surface area (Å²) in [6.45, 7) is 4.90. The molecule has 1 amide bonds. The third-order valence-electron chi connectivity index (χ3n) is 4.97. The van der Waals surface area contributed by atoms with E-state index in [2.05, 4.69) is 57.0 Å². The van der Waals surface area contributed by atoms with E-state index in [9.17, 15) is 4.79 Å². The molecule has 1 saturated carbocycles. The predicted molar refractivity (Wildman–Crippen MR) is 122 cm³/mol. The molecule has 3 N–H and O–H groups in total. The fraction of sp³-hybridized carbons (Fsp3) is 0.600. The molecule has 3 rings (SSSR count). The summed E-state index contributed by atoms with van der Waals surface area (Å²) in [5.74, 6) is 0.991. The van der Waals surface area contributed by atoms with Crippen LogP contribution >= 0.6 is 24.0 Å². The van der Waals surface area contributed by atoms with Gasteiger partial charge in [0.2, 0.25) is 5.91 Å². The lowest BCUT2D eigenvalue weighted by atomic mass is 10.2. The summed E-state index contributed by atoms with van der Waals surface area (Å²) < 4.78 is 0. The summed E-state index contributed by atoms with van der Waals surface area (Å²) in [7, 11) is 1.79. The lowest BCUT2D eigenvalue weighted by molar-refractivity contribution is -0.121. The number of aliphatic imine (C=N–C) groups is 1. The number of hydrogen-bond donors (Lipinski definition) is 3. The zero-order valence-electron chi connectivity index (χ0n) is 16.3. The summed E-state index contributed by atoms with van der Waals surface area (Å²) in [5.41, 5.74) is 2.57. The number of nitrogens with zero attached hydrogens (tertiary/aromatic N) is 2. The van der Waals surface area contributed by atoms with Crippen LogP contribution in [-0.4, -0.2) is 50.6 Å². The highest BCUT2D eigenvalue weighted by Gasteiger charge is 2.24. The molecule has 1 saturated heterocycles. The molecule has 0 bridgehead atoms. The van der Waals surface area contributed by atoms with Crippen molar-refractivity contribution in [2.24, 2.45) is 4.99 Å². The predicted octanol–water partition coefficient (Wildman–Crippen LogP) is 2.42. The minimum atomic E-state index is 0. The molecule has 0 spiro atoms. The number of amides is 1. The minimum absolute atomic E-state index is 0. The third kappa shape index (κ3) is 7.20. The number of nitrogens with one attached hydrogen (secondary N) is 3. The van der Waals surface area contributed by atoms with Gasteiger partial charge in [0.1, 0.15) is 0 Å². The Morgan fingerprint density at radius 2 is 1.89 bits per heavy atom. The summed E-state index contributed by atoms with van der Waals surface area (Å²) >= 11 is 0. The average molecular weight is 485 g/mol. The van der Waals surface area contributed by atoms with E-state index in [0.29, 0.717) is 18.5 Å². The molecule has 2 aliphatic rings. The van der Waals surface area contributed by atoms with Crippen LogP contribution in [0.2, 0.25) is 0 Å². The molecule has 150 valence electrons. The highest BCUT2D eigenvalue weighted by molar-refractivity contribution is 14.0. The largest absolute Gasteiger partial charge is 0.369 e. The summed E-state index contributed by atoms with van der Waals surface area (Å²) in [6, 6.07) is 9.55. The van der Waals surface area contributed by atoms with Crippen molar-refractivity contribution in [3.8, 4) is 0 Å². The first-order valence-corrected chi connectivity index (χ1v) is 9.72. The van der Waals surface area contributed by atoms with Gasteiger partial charge in [-0.3, -0.25) is 9.79 Å². The van der Waals surface area contributed by atoms with Crippen molar-refractivity contribution in [2.75, 3.05) is 31.6 Å². The van der Waals surface area contributed by atoms with Crippen LogP contribution in [-0.2, 0) is 4.79 Å². The minimum Gasteiger partial charge on any atom is -0.369 e. The molecule has 2 fully saturated rings. The van der Waals surface area contributed by atoms with E-state index in [1.807, 2.05) is 0 Å². The van der Waals surface area contributed by atoms with E-state index in [1.54, 1.807) is 7.05 Å². The molecule has 1 heterocycles. The maximum absolute atomic E-state index is 11.7. The zero-order valence-corrected chi connectivity index (χ0v) is 18.7. The second-order valence-corrected chi connectivity index (χ2v) is 7.36. The molecule has 1 aromatic rings. The molecule has 7 heteroatoms. The molecular weight excluding hydrogens is 453 g/mol. The molecule has 27 heavy (non-hydrogen) atoms. The maximum Gasteiger partial charge on any atom is 0.220 e. The number of benzene rings is 1. The maximum atomic E-state index is 11.7. The van der Waals surface area contributed by atoms with Gasteiger partial charge < -0.3 is 20.9 Å². The number of anilines is 1. The zero-order chi connectivity index (χ0) is 18.4. The SMILES string of the molecule is CN=C(NCCCC(=O)NC1CC1)NC1CCN(c2ccc(C)cc2)C1.I. The fourth-order valence-corrected chi connectivity index (χ4v) is 3.24. The van der Waals surface area contributed by atoms with Gasteiger partial charge in [-0.2, -0.15) is 0 Å². The third-order valence-corrected chi connectivity index (χ3v) is 4.97. The van der Waals surface area contributed by atoms with Crippen molar-refractivity contribution in [1.82, 2.24) is 16.0 Å². The van der Waals surface area contributed by atoms with Gasteiger partial charge in [0.15, 0.2) is 5.96 Å². The number of guanidine groups is 1. The quantitative estimate of drug-likeness (QED) is 0.240. The van der Waals surface area contributed by atoms with Crippen LogP contribution in [0.15, 0.2) is 29.3 Å². The molecule has 1 aliphatic carbocycles. The van der Waals surface area contributed by atoms with Gasteiger partial charge in [0.05, 0.1) is 0 Å². The van der Waals surface area contributed by atoms with Crippen molar-refractivity contribution in [2.45, 2.75) is 51.1 Å². The number of carbonyl (C=O) groups excluding carboxylic acids is 1. The van der Waals surface area contributed by atoms with Crippen LogP contribution in [0.4, 0.5) is 5.69 Å². The van der Waals surface area contributed by atoms with Gasteiger partial charge in [-0.05, 0) is 44.7 Å². The van der Waals surface area contributed by atoms with Crippen molar-refractivity contribution >= 4 is 41.5 Å². The Balaban J connectivity index is 0.00000261. The Hall–Kier alpha value is -1.51. The standard InChI is InChI=1S/C20H31N5O.HI/c1-15-5-9-18(10-6-15)25-13-11-17(14-25)24-20(21-2)22-12-3-4-19(26)23-16-7-8-16;/h5-6,9-10,16-17H,3-4,7-8,11-14H2,1-2H3,(H,23,26)(H2,21,22,24);1H. The van der Waals surface area contributed by atoms with E-state index in [4.69, 9.17) is 0 Å². The van der Waals surface area contributed by atoms with Crippen LogP contribution in [0, 0.1) is 6.92 Å². The molecule has 1 aliphatic heterocycles. The normalized spacial score (nSPS) is 19.4. The van der Waals surface area contributed by atoms with Gasteiger partial charge in [0.25, 0.3) is 0 Å². The van der Waals surface area contributed by atoms with E-state index in [0.717, 1.165) is 51.3 Å². The van der Waals surface area contributed by atoms with Gasteiger partial charge >= 0.3 is 0 Å². The Kier molecular flexibility index (Phi) is 8.66. The monoisotopic (exact) mass is 485 g/mol. The number of halogens is 1. The Bertz CT molecular complexity index is 630. The molecule has 0 radical (unpaired) electrons. The highest BCUT2D eigenvalue weighted by Crippen LogP contribution is 2.20. The molecular formula is C20H32IN5O. The Morgan fingerprint density at radius 3 is 2.56 bits per heavy atom. The summed E-state index contributed by atoms with van der Waals surface area (Å²) in [5, 5.41) is 9.85. The molecule has 1 aromatic carbocycles. The van der Waals surface area contributed by atoms with Crippen LogP contribution in [0.3, 0.4) is 0 Å². The van der Waals surface area contributed by atoms with Crippen LogP contribution < -0.4 is 20.9 Å². The van der Waals surface area contributed by atoms with E-state index in [1.165, 1.54) is 11.3 Å². The smallest absolute Gasteiger partial charge is 0.220 e. The van der Waals surface area contributed by atoms with Gasteiger partial charge in [-0.25, -0.2) is 0 Å². The van der Waals surface area contributed by atoms with Crippen molar-refractivity contribution in [3.05, 3.63) is 29.8 Å². The Morgan fingerprint density at radius 1 is 1.15 bits per heavy atom. The molecule has 0 aromatic heterocycles. The van der Waals surface area contributed by atoms with Crippen molar-refractivity contribution in [1.29, 1.82) is 0 Å². The van der Waals surface area contributed by atoms with Crippen molar-refractivity contribution in [3.63, 3.8) is 0 Å². The fourth-order valence-electron chi connectivity index (χ4n) is 3.24. The van der Waals surface area contributed by atoms with E-state index < -0.39 is 0 Å². The Labute approximate surface area is 179 Å². The molecule has 6 nitrogen and oxygen atoms in total. The van der Waals surface area contributed by atoms with Crippen molar-refractivity contribution < 1.29 is 4.79 Å². The summed E-state index contributed by atoms with van der Waals surface area (Å²) in [4.78, 5) is 18.4. The van der Waals surface area contributed by atoms with E-state index in [-0.39, 0.29) is 29.9 Å². The van der Waals surface area contributed by atoms with Gasteiger partial charge in [-0.1, -0.05) is 17.7 Å². The highest BCUT2D eigenvalue weighted by atomic mass is 127. The van der Waals surface area contributed by atoms with Gasteiger partial charge in [-0.15, -0.1) is 24.0 Å². The van der Waals surface area contributed by atoms with Gasteiger partial charge in [0, 0.05) is 50.9 Å². The summed E-state index contributed by atoms with van der Waals surface area (Å²) in [6.07, 6.45) is 4.77. The first kappa shape index (κ1) is 21.8. The lowest BCUT2D eigenvalue weighted by Gasteiger charge is -2.20. The average Bonchev–Trinajstić information content (AvgIpc) is 3.33. The topological polar surface area (TPSA) is 68.8 Å².